The van der Waals surface area contributed by atoms with Crippen molar-refractivity contribution in [3.63, 3.8) is 0 Å². The second-order valence-electron chi connectivity index (χ2n) is 6.19. The van der Waals surface area contributed by atoms with Gasteiger partial charge in [-0.3, -0.25) is 14.6 Å². The Balaban J connectivity index is 1.73. The van der Waals surface area contributed by atoms with Gasteiger partial charge in [-0.05, 0) is 42.5 Å². The van der Waals surface area contributed by atoms with Crippen molar-refractivity contribution in [1.29, 1.82) is 0 Å². The van der Waals surface area contributed by atoms with E-state index in [2.05, 4.69) is 15.0 Å². The van der Waals surface area contributed by atoms with Crippen LogP contribution < -0.4 is 10.2 Å². The Kier molecular flexibility index (Phi) is 7.02. The van der Waals surface area contributed by atoms with Crippen molar-refractivity contribution < 1.29 is 19.1 Å². The van der Waals surface area contributed by atoms with Gasteiger partial charge >= 0.3 is 5.97 Å². The lowest BCUT2D eigenvalue weighted by Gasteiger charge is -2.16. The average Bonchev–Trinajstić information content (AvgIpc) is 3.02. The van der Waals surface area contributed by atoms with Crippen LogP contribution in [-0.4, -0.2) is 42.4 Å². The van der Waals surface area contributed by atoms with Crippen molar-refractivity contribution in [2.45, 2.75) is 11.7 Å². The molecule has 0 saturated carbocycles. The van der Waals surface area contributed by atoms with Crippen molar-refractivity contribution in [3.8, 4) is 0 Å². The van der Waals surface area contributed by atoms with Crippen molar-refractivity contribution in [1.82, 2.24) is 0 Å². The maximum atomic E-state index is 12.9. The Morgan fingerprint density at radius 2 is 1.90 bits per heavy atom. The molecule has 0 bridgehead atoms. The van der Waals surface area contributed by atoms with Crippen LogP contribution in [0.3, 0.4) is 0 Å². The van der Waals surface area contributed by atoms with Crippen LogP contribution in [0.5, 0.6) is 0 Å². The minimum atomic E-state index is -0.651. The number of hydrogen-bond acceptors (Lipinski definition) is 6. The van der Waals surface area contributed by atoms with Crippen LogP contribution in [0.25, 0.3) is 0 Å². The average molecular weight is 466 g/mol. The number of anilines is 2. The summed E-state index contributed by atoms with van der Waals surface area (Å²) >= 11 is 13.3. The van der Waals surface area contributed by atoms with Crippen molar-refractivity contribution in [2.24, 2.45) is 4.99 Å². The molecule has 1 fully saturated rings. The predicted molar refractivity (Wildman–Crippen MR) is 120 cm³/mol. The zero-order valence-corrected chi connectivity index (χ0v) is 18.3. The number of rotatable bonds is 4. The van der Waals surface area contributed by atoms with Crippen LogP contribution in [0.15, 0.2) is 47.5 Å². The molecule has 2 aromatic carbocycles. The first-order chi connectivity index (χ1) is 14.3. The fraction of sp³-hybridized carbons (Fsp3) is 0.200. The van der Waals surface area contributed by atoms with E-state index in [1.165, 1.54) is 31.4 Å². The summed E-state index contributed by atoms with van der Waals surface area (Å²) in [4.78, 5) is 42.2. The molecule has 1 aliphatic rings. The molecule has 1 aliphatic heterocycles. The van der Waals surface area contributed by atoms with Gasteiger partial charge in [-0.15, -0.1) is 0 Å². The maximum absolute atomic E-state index is 12.9. The first kappa shape index (κ1) is 22.1. The molecule has 10 heteroatoms. The molecule has 1 N–H and O–H groups in total. The van der Waals surface area contributed by atoms with E-state index in [-0.39, 0.29) is 18.2 Å². The molecule has 0 aromatic heterocycles. The van der Waals surface area contributed by atoms with Crippen LogP contribution in [0.2, 0.25) is 10.0 Å². The van der Waals surface area contributed by atoms with Crippen LogP contribution in [0, 0.1) is 0 Å². The smallest absolute Gasteiger partial charge is 0.337 e. The van der Waals surface area contributed by atoms with Crippen molar-refractivity contribution >= 4 is 69.3 Å². The summed E-state index contributed by atoms with van der Waals surface area (Å²) in [6.07, 6.45) is 0.0201. The van der Waals surface area contributed by atoms with E-state index in [0.29, 0.717) is 32.2 Å². The van der Waals surface area contributed by atoms with Gasteiger partial charge in [0.25, 0.3) is 0 Å². The van der Waals surface area contributed by atoms with E-state index in [1.807, 2.05) is 0 Å². The zero-order valence-electron chi connectivity index (χ0n) is 16.0. The Bertz CT molecular complexity index is 1030. The number of thioether (sulfide) groups is 1. The largest absolute Gasteiger partial charge is 0.465 e. The standard InChI is InChI=1S/C20H17Cl2N3O4S/c1-23-20(24-15-9-12(21)5-8-14(15)22)30-16-10-17(26)25(18(16)27)13-6-3-11(4-7-13)19(28)29-2/h3-9,16H,10H2,1-2H3,(H,23,24)/t16-/m1/s1. The number of carbonyl (C=O) groups is 3. The normalized spacial score (nSPS) is 16.7. The number of esters is 1. The lowest BCUT2D eigenvalue weighted by Crippen LogP contribution is -2.31. The molecule has 1 heterocycles. The molecule has 0 radical (unpaired) electrons. The minimum Gasteiger partial charge on any atom is -0.465 e. The van der Waals surface area contributed by atoms with Crippen LogP contribution in [0.4, 0.5) is 11.4 Å². The van der Waals surface area contributed by atoms with Crippen LogP contribution in [0.1, 0.15) is 16.8 Å². The third kappa shape index (κ3) is 4.77. The topological polar surface area (TPSA) is 88.1 Å². The third-order valence-electron chi connectivity index (χ3n) is 4.28. The van der Waals surface area contributed by atoms with Crippen LogP contribution >= 0.6 is 35.0 Å². The van der Waals surface area contributed by atoms with Gasteiger partial charge in [0.1, 0.15) is 5.25 Å². The van der Waals surface area contributed by atoms with E-state index < -0.39 is 11.2 Å². The van der Waals surface area contributed by atoms with Gasteiger partial charge in [0.05, 0.1) is 29.1 Å². The zero-order chi connectivity index (χ0) is 21.8. The number of aliphatic imine (C=N–C) groups is 1. The summed E-state index contributed by atoms with van der Waals surface area (Å²) in [7, 11) is 2.85. The molecular weight excluding hydrogens is 449 g/mol. The minimum absolute atomic E-state index is 0.0201. The number of amidine groups is 1. The van der Waals surface area contributed by atoms with Gasteiger partial charge in [0.2, 0.25) is 11.8 Å². The van der Waals surface area contributed by atoms with Gasteiger partial charge in [-0.25, -0.2) is 9.69 Å². The Labute approximate surface area is 187 Å². The molecule has 3 rings (SSSR count). The lowest BCUT2D eigenvalue weighted by molar-refractivity contribution is -0.121. The van der Waals surface area contributed by atoms with E-state index in [4.69, 9.17) is 23.2 Å². The number of benzene rings is 2. The number of nitrogens with zero attached hydrogens (tertiary/aromatic N) is 2. The number of nitrogens with one attached hydrogen (secondary N) is 1. The van der Waals surface area contributed by atoms with E-state index in [1.54, 1.807) is 25.2 Å². The Hall–Kier alpha value is -2.55. The number of amides is 2. The van der Waals surface area contributed by atoms with Gasteiger partial charge in [-0.2, -0.15) is 0 Å². The number of hydrogen-bond donors (Lipinski definition) is 1. The molecule has 1 saturated heterocycles. The highest BCUT2D eigenvalue weighted by Crippen LogP contribution is 2.32. The number of imide groups is 1. The second kappa shape index (κ2) is 9.51. The Morgan fingerprint density at radius 3 is 2.53 bits per heavy atom. The number of halogens is 2. The third-order valence-corrected chi connectivity index (χ3v) is 6.00. The lowest BCUT2D eigenvalue weighted by atomic mass is 10.2. The quantitative estimate of drug-likeness (QED) is 0.314. The fourth-order valence-electron chi connectivity index (χ4n) is 2.81. The van der Waals surface area contributed by atoms with E-state index >= 15 is 0 Å². The SMILES string of the molecule is CN=C(Nc1cc(Cl)ccc1Cl)S[C@@H]1CC(=O)N(c2ccc(C(=O)OC)cc2)C1=O. The van der Waals surface area contributed by atoms with Crippen molar-refractivity contribution in [3.05, 3.63) is 58.1 Å². The highest BCUT2D eigenvalue weighted by atomic mass is 35.5. The summed E-state index contributed by atoms with van der Waals surface area (Å²) in [6, 6.07) is 11.0. The summed E-state index contributed by atoms with van der Waals surface area (Å²) in [5, 5.41) is 3.76. The molecule has 1 atom stereocenters. The summed E-state index contributed by atoms with van der Waals surface area (Å²) < 4.78 is 4.65. The van der Waals surface area contributed by atoms with Gasteiger partial charge < -0.3 is 10.1 Å². The highest BCUT2D eigenvalue weighted by Gasteiger charge is 2.40. The summed E-state index contributed by atoms with van der Waals surface area (Å²) in [6.45, 7) is 0. The summed E-state index contributed by atoms with van der Waals surface area (Å²) in [5.41, 5.74) is 1.26. The molecule has 0 spiro atoms. The monoisotopic (exact) mass is 465 g/mol. The molecule has 0 unspecified atom stereocenters. The van der Waals surface area contributed by atoms with Crippen LogP contribution in [-0.2, 0) is 14.3 Å². The predicted octanol–water partition coefficient (Wildman–Crippen LogP) is 4.24. The number of carbonyl (C=O) groups excluding carboxylic acids is 3. The molecule has 2 amide bonds. The molecular formula is C20H17Cl2N3O4S. The molecule has 7 nitrogen and oxygen atoms in total. The van der Waals surface area contributed by atoms with Crippen molar-refractivity contribution in [2.75, 3.05) is 24.4 Å². The summed E-state index contributed by atoms with van der Waals surface area (Å²) in [5.74, 6) is -1.20. The molecule has 30 heavy (non-hydrogen) atoms. The van der Waals surface area contributed by atoms with E-state index in [0.717, 1.165) is 16.7 Å². The maximum Gasteiger partial charge on any atom is 0.337 e. The highest BCUT2D eigenvalue weighted by molar-refractivity contribution is 8.15. The molecule has 156 valence electrons. The molecule has 2 aromatic rings. The van der Waals surface area contributed by atoms with E-state index in [9.17, 15) is 14.4 Å². The van der Waals surface area contributed by atoms with Gasteiger partial charge in [0, 0.05) is 18.5 Å². The number of ether oxygens (including phenoxy) is 1. The van der Waals surface area contributed by atoms with Gasteiger partial charge in [-0.1, -0.05) is 35.0 Å². The number of methoxy groups -OCH3 is 1. The first-order valence-corrected chi connectivity index (χ1v) is 10.4. The first-order valence-electron chi connectivity index (χ1n) is 8.74. The fourth-order valence-corrected chi connectivity index (χ4v) is 4.13. The second-order valence-corrected chi connectivity index (χ2v) is 8.23. The van der Waals surface area contributed by atoms with Gasteiger partial charge in [0.15, 0.2) is 5.17 Å². The Morgan fingerprint density at radius 1 is 1.20 bits per heavy atom. The molecule has 0 aliphatic carbocycles.